The molecule has 4 rings (SSSR count). The monoisotopic (exact) mass is 434 g/mol. The van der Waals surface area contributed by atoms with Gasteiger partial charge in [0, 0.05) is 6.04 Å². The SMILES string of the molecule is COc1cc(C)c(/C=C2\SC(=Nc3ccccc3)N(C3CCCC3)C2=O)cc1C(C)C. The number of aryl methyl sites for hydroxylation is 1. The molecule has 4 nitrogen and oxygen atoms in total. The van der Waals surface area contributed by atoms with Crippen LogP contribution in [0.4, 0.5) is 5.69 Å². The van der Waals surface area contributed by atoms with E-state index in [4.69, 9.17) is 9.73 Å². The van der Waals surface area contributed by atoms with E-state index in [1.54, 1.807) is 7.11 Å². The zero-order valence-corrected chi connectivity index (χ0v) is 19.5. The number of hydrogen-bond donors (Lipinski definition) is 0. The van der Waals surface area contributed by atoms with Crippen LogP contribution in [0.1, 0.15) is 62.1 Å². The van der Waals surface area contributed by atoms with E-state index >= 15 is 0 Å². The van der Waals surface area contributed by atoms with E-state index in [2.05, 4.69) is 32.9 Å². The van der Waals surface area contributed by atoms with Crippen molar-refractivity contribution in [2.45, 2.75) is 58.4 Å². The van der Waals surface area contributed by atoms with E-state index in [-0.39, 0.29) is 11.9 Å². The largest absolute Gasteiger partial charge is 0.496 e. The maximum atomic E-state index is 13.5. The van der Waals surface area contributed by atoms with Gasteiger partial charge in [0.25, 0.3) is 5.91 Å². The van der Waals surface area contributed by atoms with Crippen LogP contribution >= 0.6 is 11.8 Å². The maximum absolute atomic E-state index is 13.5. The molecule has 1 aliphatic heterocycles. The van der Waals surface area contributed by atoms with Crippen molar-refractivity contribution in [2.24, 2.45) is 4.99 Å². The molecule has 1 heterocycles. The Hall–Kier alpha value is -2.53. The number of hydrogen-bond acceptors (Lipinski definition) is 4. The molecule has 0 spiro atoms. The molecule has 31 heavy (non-hydrogen) atoms. The zero-order chi connectivity index (χ0) is 22.0. The van der Waals surface area contributed by atoms with Crippen LogP contribution in [0.2, 0.25) is 0 Å². The van der Waals surface area contributed by atoms with Crippen molar-refractivity contribution in [3.8, 4) is 5.75 Å². The summed E-state index contributed by atoms with van der Waals surface area (Å²) in [5, 5.41) is 0.796. The minimum absolute atomic E-state index is 0.0768. The summed E-state index contributed by atoms with van der Waals surface area (Å²) in [7, 11) is 1.71. The molecular formula is C26H30N2O2S. The van der Waals surface area contributed by atoms with Gasteiger partial charge in [-0.3, -0.25) is 9.69 Å². The number of rotatable bonds is 5. The lowest BCUT2D eigenvalue weighted by molar-refractivity contribution is -0.123. The van der Waals surface area contributed by atoms with E-state index in [9.17, 15) is 4.79 Å². The number of amidine groups is 1. The third-order valence-electron chi connectivity index (χ3n) is 6.03. The number of methoxy groups -OCH3 is 1. The number of amides is 1. The van der Waals surface area contributed by atoms with Crippen LogP contribution < -0.4 is 4.74 Å². The molecule has 2 aromatic carbocycles. The van der Waals surface area contributed by atoms with Gasteiger partial charge in [-0.1, -0.05) is 44.9 Å². The first-order valence-corrected chi connectivity index (χ1v) is 11.8. The van der Waals surface area contributed by atoms with Gasteiger partial charge in [-0.25, -0.2) is 4.99 Å². The fraction of sp³-hybridized carbons (Fsp3) is 0.385. The maximum Gasteiger partial charge on any atom is 0.267 e. The smallest absolute Gasteiger partial charge is 0.267 e. The van der Waals surface area contributed by atoms with Gasteiger partial charge >= 0.3 is 0 Å². The van der Waals surface area contributed by atoms with Crippen LogP contribution in [0.25, 0.3) is 6.08 Å². The lowest BCUT2D eigenvalue weighted by Gasteiger charge is -2.22. The van der Waals surface area contributed by atoms with Gasteiger partial charge < -0.3 is 4.74 Å². The van der Waals surface area contributed by atoms with Crippen LogP contribution in [0.5, 0.6) is 5.75 Å². The standard InChI is InChI=1S/C26H30N2O2S/c1-17(2)22-15-19(18(3)14-23(22)30-4)16-24-25(29)28(21-12-8-9-13-21)26(31-24)27-20-10-6-5-7-11-20/h5-7,10-11,14-17,21H,8-9,12-13H2,1-4H3/b24-16-,27-26?. The number of ether oxygens (including phenoxy) is 1. The van der Waals surface area contributed by atoms with Crippen molar-refractivity contribution < 1.29 is 9.53 Å². The molecule has 2 aliphatic rings. The number of carbonyl (C=O) groups is 1. The Bertz CT molecular complexity index is 1020. The van der Waals surface area contributed by atoms with Gasteiger partial charge in [-0.2, -0.15) is 0 Å². The lowest BCUT2D eigenvalue weighted by atomic mass is 9.96. The molecule has 1 amide bonds. The Kier molecular flexibility index (Phi) is 6.51. The van der Waals surface area contributed by atoms with Gasteiger partial charge in [0.2, 0.25) is 0 Å². The fourth-order valence-electron chi connectivity index (χ4n) is 4.30. The van der Waals surface area contributed by atoms with Gasteiger partial charge in [0.15, 0.2) is 5.17 Å². The summed E-state index contributed by atoms with van der Waals surface area (Å²) >= 11 is 1.49. The summed E-state index contributed by atoms with van der Waals surface area (Å²) in [4.78, 5) is 21.0. The van der Waals surface area contributed by atoms with Crippen molar-refractivity contribution in [1.29, 1.82) is 0 Å². The summed E-state index contributed by atoms with van der Waals surface area (Å²) in [6, 6.07) is 14.4. The van der Waals surface area contributed by atoms with Crippen molar-refractivity contribution in [1.82, 2.24) is 4.90 Å². The normalized spacial score (nSPS) is 19.9. The molecule has 0 atom stereocenters. The molecule has 1 saturated carbocycles. The first kappa shape index (κ1) is 21.7. The number of aliphatic imine (C=N–C) groups is 1. The van der Waals surface area contributed by atoms with Gasteiger partial charge in [-0.15, -0.1) is 0 Å². The van der Waals surface area contributed by atoms with Crippen LogP contribution in [0.3, 0.4) is 0 Å². The summed E-state index contributed by atoms with van der Waals surface area (Å²) < 4.78 is 5.58. The highest BCUT2D eigenvalue weighted by atomic mass is 32.2. The van der Waals surface area contributed by atoms with E-state index in [0.29, 0.717) is 5.92 Å². The molecule has 2 fully saturated rings. The minimum atomic E-state index is 0.0768. The van der Waals surface area contributed by atoms with Gasteiger partial charge in [0.1, 0.15) is 5.75 Å². The second kappa shape index (κ2) is 9.31. The highest BCUT2D eigenvalue weighted by Crippen LogP contribution is 2.40. The Morgan fingerprint density at radius 3 is 2.52 bits per heavy atom. The molecule has 5 heteroatoms. The highest BCUT2D eigenvalue weighted by molar-refractivity contribution is 8.18. The minimum Gasteiger partial charge on any atom is -0.496 e. The Morgan fingerprint density at radius 2 is 1.87 bits per heavy atom. The van der Waals surface area contributed by atoms with Crippen molar-refractivity contribution in [2.75, 3.05) is 7.11 Å². The first-order valence-electron chi connectivity index (χ1n) is 11.0. The molecule has 1 aliphatic carbocycles. The predicted molar refractivity (Wildman–Crippen MR) is 130 cm³/mol. The zero-order valence-electron chi connectivity index (χ0n) is 18.7. The number of thioether (sulfide) groups is 1. The molecular weight excluding hydrogens is 404 g/mol. The number of nitrogens with zero attached hydrogens (tertiary/aromatic N) is 2. The van der Waals surface area contributed by atoms with E-state index in [0.717, 1.165) is 51.0 Å². The Labute approximate surface area is 189 Å². The molecule has 0 radical (unpaired) electrons. The second-order valence-corrected chi connectivity index (χ2v) is 9.57. The molecule has 0 bridgehead atoms. The third-order valence-corrected chi connectivity index (χ3v) is 7.02. The van der Waals surface area contributed by atoms with Crippen LogP contribution in [-0.2, 0) is 4.79 Å². The average Bonchev–Trinajstić information content (AvgIpc) is 3.38. The van der Waals surface area contributed by atoms with Crippen LogP contribution in [0.15, 0.2) is 52.4 Å². The van der Waals surface area contributed by atoms with E-state index < -0.39 is 0 Å². The topological polar surface area (TPSA) is 41.9 Å². The van der Waals surface area contributed by atoms with Crippen molar-refractivity contribution in [3.63, 3.8) is 0 Å². The summed E-state index contributed by atoms with van der Waals surface area (Å²) in [5.74, 6) is 1.32. The van der Waals surface area contributed by atoms with Crippen molar-refractivity contribution in [3.05, 3.63) is 64.1 Å². The first-order chi connectivity index (χ1) is 15.0. The third kappa shape index (κ3) is 4.57. The molecule has 1 saturated heterocycles. The molecule has 0 aromatic heterocycles. The highest BCUT2D eigenvalue weighted by Gasteiger charge is 2.39. The Morgan fingerprint density at radius 1 is 1.16 bits per heavy atom. The Balaban J connectivity index is 1.74. The predicted octanol–water partition coefficient (Wildman–Crippen LogP) is 6.67. The molecule has 0 unspecified atom stereocenters. The second-order valence-electron chi connectivity index (χ2n) is 8.56. The summed E-state index contributed by atoms with van der Waals surface area (Å²) in [6.07, 6.45) is 6.47. The lowest BCUT2D eigenvalue weighted by Crippen LogP contribution is -2.37. The number of para-hydroxylation sites is 1. The van der Waals surface area contributed by atoms with Gasteiger partial charge in [0.05, 0.1) is 17.7 Å². The quantitative estimate of drug-likeness (QED) is 0.493. The summed E-state index contributed by atoms with van der Waals surface area (Å²) in [5.41, 5.74) is 4.20. The van der Waals surface area contributed by atoms with E-state index in [1.807, 2.05) is 41.3 Å². The number of carbonyl (C=O) groups excluding carboxylic acids is 1. The number of benzene rings is 2. The molecule has 162 valence electrons. The average molecular weight is 435 g/mol. The van der Waals surface area contributed by atoms with Gasteiger partial charge in [-0.05, 0) is 84.5 Å². The fourth-order valence-corrected chi connectivity index (χ4v) is 5.35. The summed E-state index contributed by atoms with van der Waals surface area (Å²) in [6.45, 7) is 6.38. The van der Waals surface area contributed by atoms with Crippen LogP contribution in [-0.4, -0.2) is 29.1 Å². The van der Waals surface area contributed by atoms with Crippen molar-refractivity contribution >= 4 is 34.6 Å². The van der Waals surface area contributed by atoms with E-state index in [1.165, 1.54) is 24.6 Å². The van der Waals surface area contributed by atoms with Crippen LogP contribution in [0, 0.1) is 6.92 Å². The molecule has 0 N–H and O–H groups in total. The molecule has 2 aromatic rings.